The Hall–Kier alpha value is -1.95. The van der Waals surface area contributed by atoms with Gasteiger partial charge in [0.2, 0.25) is 5.88 Å². The molecule has 0 bridgehead atoms. The molecular formula is C21H27N3OS. The molecular weight excluding hydrogens is 342 g/mol. The second-order valence-corrected chi connectivity index (χ2v) is 7.98. The van der Waals surface area contributed by atoms with E-state index < -0.39 is 0 Å². The van der Waals surface area contributed by atoms with Crippen LogP contribution in [0.2, 0.25) is 0 Å². The number of nitrogens with zero attached hydrogens (tertiary/aromatic N) is 3. The Bertz CT molecular complexity index is 846. The van der Waals surface area contributed by atoms with E-state index in [4.69, 9.17) is 9.72 Å². The summed E-state index contributed by atoms with van der Waals surface area (Å²) in [5, 5.41) is 3.30. The van der Waals surface area contributed by atoms with Gasteiger partial charge in [0.05, 0.1) is 12.6 Å². The van der Waals surface area contributed by atoms with E-state index in [1.165, 1.54) is 10.4 Å². The Kier molecular flexibility index (Phi) is 6.25. The number of aromatic nitrogens is 1. The first-order chi connectivity index (χ1) is 12.5. The van der Waals surface area contributed by atoms with E-state index in [0.29, 0.717) is 0 Å². The molecule has 0 atom stereocenters. The van der Waals surface area contributed by atoms with Crippen LogP contribution in [0.3, 0.4) is 0 Å². The summed E-state index contributed by atoms with van der Waals surface area (Å²) in [6.45, 7) is 5.88. The molecule has 4 nitrogen and oxygen atoms in total. The van der Waals surface area contributed by atoms with Crippen molar-refractivity contribution in [1.82, 2.24) is 14.8 Å². The Morgan fingerprint density at radius 3 is 2.62 bits per heavy atom. The largest absolute Gasteiger partial charge is 0.481 e. The summed E-state index contributed by atoms with van der Waals surface area (Å²) in [7, 11) is 5.94. The molecule has 26 heavy (non-hydrogen) atoms. The van der Waals surface area contributed by atoms with Crippen molar-refractivity contribution < 1.29 is 4.74 Å². The minimum atomic E-state index is 0.726. The lowest BCUT2D eigenvalue weighted by molar-refractivity contribution is 0.224. The van der Waals surface area contributed by atoms with Crippen molar-refractivity contribution >= 4 is 22.2 Å². The first-order valence-electron chi connectivity index (χ1n) is 8.89. The highest BCUT2D eigenvalue weighted by Gasteiger charge is 2.14. The molecule has 3 aromatic rings. The van der Waals surface area contributed by atoms with Crippen LogP contribution in [0.5, 0.6) is 5.88 Å². The van der Waals surface area contributed by atoms with Gasteiger partial charge in [-0.1, -0.05) is 18.2 Å². The van der Waals surface area contributed by atoms with Crippen LogP contribution in [0.25, 0.3) is 10.9 Å². The molecule has 0 amide bonds. The molecule has 0 aliphatic rings. The molecule has 0 unspecified atom stereocenters. The summed E-state index contributed by atoms with van der Waals surface area (Å²) in [5.41, 5.74) is 3.34. The van der Waals surface area contributed by atoms with Gasteiger partial charge in [-0.25, -0.2) is 4.98 Å². The minimum absolute atomic E-state index is 0.726. The predicted octanol–water partition coefficient (Wildman–Crippen LogP) is 4.18. The molecule has 0 saturated carbocycles. The maximum atomic E-state index is 5.61. The van der Waals surface area contributed by atoms with Crippen molar-refractivity contribution in [2.75, 3.05) is 34.3 Å². The Balaban J connectivity index is 1.87. The summed E-state index contributed by atoms with van der Waals surface area (Å²) < 4.78 is 5.61. The number of aryl methyl sites for hydroxylation is 1. The van der Waals surface area contributed by atoms with E-state index in [-0.39, 0.29) is 0 Å². The van der Waals surface area contributed by atoms with Crippen LogP contribution in [-0.4, -0.2) is 49.1 Å². The van der Waals surface area contributed by atoms with Gasteiger partial charge in [0.15, 0.2) is 0 Å². The highest BCUT2D eigenvalue weighted by Crippen LogP contribution is 2.25. The molecule has 0 fully saturated rings. The Morgan fingerprint density at radius 1 is 1.08 bits per heavy atom. The molecule has 3 rings (SSSR count). The number of fused-ring (bicyclic) bond motifs is 1. The van der Waals surface area contributed by atoms with Crippen molar-refractivity contribution in [3.8, 4) is 5.88 Å². The van der Waals surface area contributed by atoms with Gasteiger partial charge in [-0.15, -0.1) is 11.3 Å². The van der Waals surface area contributed by atoms with E-state index in [0.717, 1.165) is 48.5 Å². The average molecular weight is 370 g/mol. The fourth-order valence-corrected chi connectivity index (χ4v) is 3.76. The third-order valence-corrected chi connectivity index (χ3v) is 5.28. The SMILES string of the molecule is COc1nc2cc(C)ccc2cc1CN(CCN(C)C)Cc1cccs1. The van der Waals surface area contributed by atoms with Crippen LogP contribution in [0.4, 0.5) is 0 Å². The van der Waals surface area contributed by atoms with Crippen LogP contribution in [0.1, 0.15) is 16.0 Å². The monoisotopic (exact) mass is 369 g/mol. The number of pyridine rings is 1. The molecule has 0 spiro atoms. The lowest BCUT2D eigenvalue weighted by Gasteiger charge is -2.24. The maximum absolute atomic E-state index is 5.61. The number of rotatable bonds is 8. The Labute approximate surface area is 160 Å². The highest BCUT2D eigenvalue weighted by molar-refractivity contribution is 7.09. The van der Waals surface area contributed by atoms with E-state index >= 15 is 0 Å². The van der Waals surface area contributed by atoms with Crippen molar-refractivity contribution in [1.29, 1.82) is 0 Å². The number of methoxy groups -OCH3 is 1. The van der Waals surface area contributed by atoms with Gasteiger partial charge in [-0.2, -0.15) is 0 Å². The molecule has 0 N–H and O–H groups in total. The van der Waals surface area contributed by atoms with Crippen molar-refractivity contribution in [3.63, 3.8) is 0 Å². The number of hydrogen-bond donors (Lipinski definition) is 0. The first kappa shape index (κ1) is 18.8. The van der Waals surface area contributed by atoms with Gasteiger partial charge in [0, 0.05) is 42.0 Å². The van der Waals surface area contributed by atoms with E-state index in [2.05, 4.69) is 72.6 Å². The molecule has 5 heteroatoms. The van der Waals surface area contributed by atoms with Gasteiger partial charge in [-0.05, 0) is 50.2 Å². The number of benzene rings is 1. The smallest absolute Gasteiger partial charge is 0.218 e. The van der Waals surface area contributed by atoms with Gasteiger partial charge < -0.3 is 9.64 Å². The summed E-state index contributed by atoms with van der Waals surface area (Å²) >= 11 is 1.81. The zero-order valence-corrected chi connectivity index (χ0v) is 16.8. The van der Waals surface area contributed by atoms with Gasteiger partial charge >= 0.3 is 0 Å². The van der Waals surface area contributed by atoms with Gasteiger partial charge in [0.25, 0.3) is 0 Å². The van der Waals surface area contributed by atoms with Crippen molar-refractivity contribution in [2.45, 2.75) is 20.0 Å². The number of hydrogen-bond acceptors (Lipinski definition) is 5. The molecule has 2 aromatic heterocycles. The number of likely N-dealkylation sites (N-methyl/N-ethyl adjacent to an activating group) is 1. The van der Waals surface area contributed by atoms with Crippen LogP contribution in [0, 0.1) is 6.92 Å². The van der Waals surface area contributed by atoms with E-state index in [1.54, 1.807) is 7.11 Å². The quantitative estimate of drug-likeness (QED) is 0.596. The topological polar surface area (TPSA) is 28.6 Å². The minimum Gasteiger partial charge on any atom is -0.481 e. The second-order valence-electron chi connectivity index (χ2n) is 6.95. The van der Waals surface area contributed by atoms with Crippen LogP contribution < -0.4 is 4.74 Å². The van der Waals surface area contributed by atoms with Gasteiger partial charge in [-0.3, -0.25) is 4.90 Å². The number of ether oxygens (including phenoxy) is 1. The fourth-order valence-electron chi connectivity index (χ4n) is 3.01. The predicted molar refractivity (Wildman–Crippen MR) is 110 cm³/mol. The fraction of sp³-hybridized carbons (Fsp3) is 0.381. The van der Waals surface area contributed by atoms with Crippen molar-refractivity contribution in [2.24, 2.45) is 0 Å². The first-order valence-corrected chi connectivity index (χ1v) is 9.77. The van der Waals surface area contributed by atoms with Crippen LogP contribution in [-0.2, 0) is 13.1 Å². The molecule has 0 radical (unpaired) electrons. The lowest BCUT2D eigenvalue weighted by atomic mass is 10.1. The van der Waals surface area contributed by atoms with Crippen molar-refractivity contribution in [3.05, 3.63) is 57.8 Å². The standard InChI is InChI=1S/C21H27N3OS/c1-16-7-8-17-13-18(21(25-4)22-20(17)12-16)14-24(10-9-23(2)3)15-19-6-5-11-26-19/h5-8,11-13H,9-10,14-15H2,1-4H3. The van der Waals surface area contributed by atoms with Gasteiger partial charge in [0.1, 0.15) is 0 Å². The second kappa shape index (κ2) is 8.62. The molecule has 2 heterocycles. The maximum Gasteiger partial charge on any atom is 0.218 e. The van der Waals surface area contributed by atoms with E-state index in [1.807, 2.05) is 11.3 Å². The molecule has 0 saturated heterocycles. The molecule has 0 aliphatic heterocycles. The molecule has 0 aliphatic carbocycles. The average Bonchev–Trinajstić information content (AvgIpc) is 3.12. The zero-order chi connectivity index (χ0) is 18.5. The van der Waals surface area contributed by atoms with Crippen LogP contribution >= 0.6 is 11.3 Å². The van der Waals surface area contributed by atoms with E-state index in [9.17, 15) is 0 Å². The third-order valence-electron chi connectivity index (χ3n) is 4.42. The zero-order valence-electron chi connectivity index (χ0n) is 16.0. The number of thiophene rings is 1. The lowest BCUT2D eigenvalue weighted by Crippen LogP contribution is -2.31. The molecule has 138 valence electrons. The summed E-state index contributed by atoms with van der Waals surface area (Å²) in [6, 6.07) is 12.9. The Morgan fingerprint density at radius 2 is 1.92 bits per heavy atom. The normalized spacial score (nSPS) is 11.6. The van der Waals surface area contributed by atoms with Crippen LogP contribution in [0.15, 0.2) is 41.8 Å². The third kappa shape index (κ3) is 4.81. The molecule has 1 aromatic carbocycles. The summed E-state index contributed by atoms with van der Waals surface area (Å²) in [6.07, 6.45) is 0. The summed E-state index contributed by atoms with van der Waals surface area (Å²) in [5.74, 6) is 0.726. The highest BCUT2D eigenvalue weighted by atomic mass is 32.1. The summed E-state index contributed by atoms with van der Waals surface area (Å²) in [4.78, 5) is 10.8.